The zero-order valence-corrected chi connectivity index (χ0v) is 13.2. The van der Waals surface area contributed by atoms with Crippen molar-refractivity contribution in [3.8, 4) is 0 Å². The number of carbonyl (C=O) groups is 1. The van der Waals surface area contributed by atoms with E-state index in [-0.39, 0.29) is 5.91 Å². The Hall–Kier alpha value is -1.26. The second kappa shape index (κ2) is 5.62. The summed E-state index contributed by atoms with van der Waals surface area (Å²) in [7, 11) is 0. The molecule has 0 fully saturated rings. The lowest BCUT2D eigenvalue weighted by Gasteiger charge is -2.27. The molecule has 0 radical (unpaired) electrons. The summed E-state index contributed by atoms with van der Waals surface area (Å²) in [6, 6.07) is 9.56. The van der Waals surface area contributed by atoms with Crippen molar-refractivity contribution in [2.45, 2.75) is 19.4 Å². The van der Waals surface area contributed by atoms with E-state index in [1.807, 2.05) is 35.2 Å². The molecule has 1 aromatic carbocycles. The number of hydrogen-bond acceptors (Lipinski definition) is 1. The van der Waals surface area contributed by atoms with Crippen LogP contribution in [0.2, 0.25) is 5.02 Å². The number of fused-ring (bicyclic) bond motifs is 1. The summed E-state index contributed by atoms with van der Waals surface area (Å²) in [4.78, 5) is 17.5. The SMILES string of the molecule is O=C(Cc1ccccc1Cl)N1CCc2[nH]c(Br)cc2C1. The van der Waals surface area contributed by atoms with Gasteiger partial charge in [-0.15, -0.1) is 0 Å². The fraction of sp³-hybridized carbons (Fsp3) is 0.267. The largest absolute Gasteiger partial charge is 0.353 e. The van der Waals surface area contributed by atoms with Crippen molar-refractivity contribution >= 4 is 33.4 Å². The number of aromatic nitrogens is 1. The average Bonchev–Trinajstić information content (AvgIpc) is 2.80. The topological polar surface area (TPSA) is 36.1 Å². The van der Waals surface area contributed by atoms with Gasteiger partial charge in [-0.2, -0.15) is 0 Å². The van der Waals surface area contributed by atoms with Crippen molar-refractivity contribution in [2.75, 3.05) is 6.54 Å². The van der Waals surface area contributed by atoms with Crippen LogP contribution >= 0.6 is 27.5 Å². The molecule has 0 atom stereocenters. The zero-order chi connectivity index (χ0) is 14.1. The van der Waals surface area contributed by atoms with Gasteiger partial charge in [-0.1, -0.05) is 29.8 Å². The van der Waals surface area contributed by atoms with Gasteiger partial charge in [0, 0.05) is 30.2 Å². The van der Waals surface area contributed by atoms with Gasteiger partial charge >= 0.3 is 0 Å². The molecule has 3 nitrogen and oxygen atoms in total. The summed E-state index contributed by atoms with van der Waals surface area (Å²) < 4.78 is 0.975. The predicted octanol–water partition coefficient (Wildman–Crippen LogP) is 3.56. The predicted molar refractivity (Wildman–Crippen MR) is 82.8 cm³/mol. The van der Waals surface area contributed by atoms with Crippen LogP contribution in [0.25, 0.3) is 0 Å². The number of carbonyl (C=O) groups excluding carboxylic acids is 1. The Morgan fingerprint density at radius 3 is 3.00 bits per heavy atom. The molecule has 1 aliphatic heterocycles. The van der Waals surface area contributed by atoms with Crippen LogP contribution in [0.1, 0.15) is 16.8 Å². The first-order chi connectivity index (χ1) is 9.63. The number of hydrogen-bond donors (Lipinski definition) is 1. The maximum absolute atomic E-state index is 12.4. The number of H-pyrrole nitrogens is 1. The monoisotopic (exact) mass is 352 g/mol. The van der Waals surface area contributed by atoms with Crippen molar-refractivity contribution < 1.29 is 4.79 Å². The lowest BCUT2D eigenvalue weighted by molar-refractivity contribution is -0.131. The zero-order valence-electron chi connectivity index (χ0n) is 10.8. The van der Waals surface area contributed by atoms with E-state index in [0.717, 1.165) is 23.1 Å². The summed E-state index contributed by atoms with van der Waals surface area (Å²) in [6.45, 7) is 1.42. The minimum absolute atomic E-state index is 0.126. The minimum atomic E-state index is 0.126. The van der Waals surface area contributed by atoms with E-state index >= 15 is 0 Å². The molecule has 1 aromatic heterocycles. The Labute approximate surface area is 131 Å². The molecule has 1 aliphatic rings. The fourth-order valence-electron chi connectivity index (χ4n) is 2.53. The third-order valence-electron chi connectivity index (χ3n) is 3.60. The summed E-state index contributed by atoms with van der Waals surface area (Å²) >= 11 is 9.55. The molecule has 1 N–H and O–H groups in total. The number of nitrogens with zero attached hydrogens (tertiary/aromatic N) is 1. The molecule has 0 saturated carbocycles. The number of halogens is 2. The molecule has 0 spiro atoms. The van der Waals surface area contributed by atoms with Crippen LogP contribution in [-0.4, -0.2) is 22.3 Å². The van der Waals surface area contributed by atoms with Crippen LogP contribution in [0.15, 0.2) is 34.9 Å². The van der Waals surface area contributed by atoms with Crippen LogP contribution in [0.5, 0.6) is 0 Å². The molecular formula is C15H14BrClN2O. The molecule has 0 bridgehead atoms. The van der Waals surface area contributed by atoms with Gasteiger partial charge < -0.3 is 9.88 Å². The highest BCUT2D eigenvalue weighted by molar-refractivity contribution is 9.10. The van der Waals surface area contributed by atoms with E-state index in [2.05, 4.69) is 20.9 Å². The molecule has 0 aliphatic carbocycles. The van der Waals surface area contributed by atoms with E-state index in [1.54, 1.807) is 0 Å². The van der Waals surface area contributed by atoms with E-state index in [1.165, 1.54) is 11.3 Å². The van der Waals surface area contributed by atoms with Crippen LogP contribution < -0.4 is 0 Å². The summed E-state index contributed by atoms with van der Waals surface area (Å²) in [6.07, 6.45) is 1.23. The first-order valence-corrected chi connectivity index (χ1v) is 7.68. The van der Waals surface area contributed by atoms with Crippen LogP contribution in [0, 0.1) is 0 Å². The Kier molecular flexibility index (Phi) is 3.85. The van der Waals surface area contributed by atoms with Gasteiger partial charge in [-0.3, -0.25) is 4.79 Å². The van der Waals surface area contributed by atoms with E-state index < -0.39 is 0 Å². The van der Waals surface area contributed by atoms with E-state index in [0.29, 0.717) is 18.0 Å². The van der Waals surface area contributed by atoms with Crippen molar-refractivity contribution in [3.05, 3.63) is 56.8 Å². The maximum Gasteiger partial charge on any atom is 0.227 e. The summed E-state index contributed by atoms with van der Waals surface area (Å²) in [5, 5.41) is 0.655. The fourth-order valence-corrected chi connectivity index (χ4v) is 3.24. The molecule has 104 valence electrons. The number of nitrogens with one attached hydrogen (secondary N) is 1. The number of amides is 1. The third kappa shape index (κ3) is 2.76. The van der Waals surface area contributed by atoms with Crippen molar-refractivity contribution in [2.24, 2.45) is 0 Å². The van der Waals surface area contributed by atoms with Crippen molar-refractivity contribution in [3.63, 3.8) is 0 Å². The van der Waals surface area contributed by atoms with Gasteiger partial charge in [0.25, 0.3) is 0 Å². The normalized spacial score (nSPS) is 14.2. The lowest BCUT2D eigenvalue weighted by Crippen LogP contribution is -2.36. The van der Waals surface area contributed by atoms with Gasteiger partial charge in [0.1, 0.15) is 0 Å². The Bertz CT molecular complexity index is 653. The van der Waals surface area contributed by atoms with Gasteiger partial charge in [-0.05, 0) is 39.2 Å². The van der Waals surface area contributed by atoms with Crippen LogP contribution in [0.4, 0.5) is 0 Å². The molecule has 1 amide bonds. The lowest BCUT2D eigenvalue weighted by atomic mass is 10.1. The van der Waals surface area contributed by atoms with Crippen molar-refractivity contribution in [1.29, 1.82) is 0 Å². The van der Waals surface area contributed by atoms with E-state index in [4.69, 9.17) is 11.6 Å². The molecule has 0 saturated heterocycles. The first-order valence-electron chi connectivity index (χ1n) is 6.51. The Morgan fingerprint density at radius 1 is 1.40 bits per heavy atom. The Balaban J connectivity index is 1.72. The standard InChI is InChI=1S/C15H14BrClN2O/c16-14-7-11-9-19(6-5-13(11)18-14)15(20)8-10-3-1-2-4-12(10)17/h1-4,7,18H,5-6,8-9H2. The van der Waals surface area contributed by atoms with Crippen LogP contribution in [-0.2, 0) is 24.2 Å². The van der Waals surface area contributed by atoms with Gasteiger partial charge in [-0.25, -0.2) is 0 Å². The van der Waals surface area contributed by atoms with Crippen molar-refractivity contribution in [1.82, 2.24) is 9.88 Å². The average molecular weight is 354 g/mol. The molecule has 5 heteroatoms. The second-order valence-electron chi connectivity index (χ2n) is 4.95. The molecule has 20 heavy (non-hydrogen) atoms. The summed E-state index contributed by atoms with van der Waals surface area (Å²) in [5.74, 6) is 0.126. The quantitative estimate of drug-likeness (QED) is 0.880. The minimum Gasteiger partial charge on any atom is -0.353 e. The highest BCUT2D eigenvalue weighted by Crippen LogP contribution is 2.23. The Morgan fingerprint density at radius 2 is 2.20 bits per heavy atom. The van der Waals surface area contributed by atoms with E-state index in [9.17, 15) is 4.79 Å². The number of rotatable bonds is 2. The van der Waals surface area contributed by atoms with Crippen LogP contribution in [0.3, 0.4) is 0 Å². The molecule has 0 unspecified atom stereocenters. The molecular weight excluding hydrogens is 340 g/mol. The molecule has 3 rings (SSSR count). The molecule has 2 aromatic rings. The smallest absolute Gasteiger partial charge is 0.227 e. The highest BCUT2D eigenvalue weighted by atomic mass is 79.9. The summed E-state index contributed by atoms with van der Waals surface area (Å²) in [5.41, 5.74) is 3.30. The molecule has 2 heterocycles. The van der Waals surface area contributed by atoms with Gasteiger partial charge in [0.2, 0.25) is 5.91 Å². The second-order valence-corrected chi connectivity index (χ2v) is 6.22. The number of benzene rings is 1. The first kappa shape index (κ1) is 13.7. The third-order valence-corrected chi connectivity index (χ3v) is 4.40. The number of aromatic amines is 1. The van der Waals surface area contributed by atoms with Gasteiger partial charge in [0.15, 0.2) is 0 Å². The maximum atomic E-state index is 12.4. The van der Waals surface area contributed by atoms with Gasteiger partial charge in [0.05, 0.1) is 11.0 Å². The highest BCUT2D eigenvalue weighted by Gasteiger charge is 2.22.